The Morgan fingerprint density at radius 2 is 1.90 bits per heavy atom. The first-order chi connectivity index (χ1) is 14.7. The van der Waals surface area contributed by atoms with Gasteiger partial charge in [0.1, 0.15) is 17.2 Å². The lowest BCUT2D eigenvalue weighted by atomic mass is 10.2. The van der Waals surface area contributed by atoms with E-state index in [4.69, 9.17) is 10.2 Å². The zero-order valence-electron chi connectivity index (χ0n) is 18.2. The largest absolute Gasteiger partial charge is 0.457 e. The van der Waals surface area contributed by atoms with Gasteiger partial charge >= 0.3 is 5.69 Å². The summed E-state index contributed by atoms with van der Waals surface area (Å²) >= 11 is 0. The molecule has 3 rings (SSSR count). The number of hydrogen-bond donors (Lipinski definition) is 2. The average molecular weight is 425 g/mol. The Balaban J connectivity index is 2.00. The molecule has 0 fully saturated rings. The quantitative estimate of drug-likeness (QED) is 0.565. The molecule has 2 aromatic heterocycles. The van der Waals surface area contributed by atoms with Crippen molar-refractivity contribution in [1.29, 1.82) is 0 Å². The molecule has 1 aromatic carbocycles. The van der Waals surface area contributed by atoms with E-state index in [0.717, 1.165) is 11.0 Å². The number of nitrogens with zero attached hydrogens (tertiary/aromatic N) is 2. The van der Waals surface area contributed by atoms with Crippen LogP contribution in [0.15, 0.2) is 50.4 Å². The first-order valence-corrected chi connectivity index (χ1v) is 10.3. The summed E-state index contributed by atoms with van der Waals surface area (Å²) in [6, 6.07) is 9.37. The molecule has 0 spiro atoms. The smallest absolute Gasteiger partial charge is 0.330 e. The highest BCUT2D eigenvalue weighted by Gasteiger charge is 2.24. The third kappa shape index (κ3) is 4.96. The Kier molecular flexibility index (Phi) is 6.48. The number of aromatic nitrogens is 2. The van der Waals surface area contributed by atoms with E-state index in [0.29, 0.717) is 12.3 Å². The summed E-state index contributed by atoms with van der Waals surface area (Å²) in [7, 11) is 0. The van der Waals surface area contributed by atoms with Crippen molar-refractivity contribution in [3.63, 3.8) is 0 Å². The van der Waals surface area contributed by atoms with Gasteiger partial charge in [-0.2, -0.15) is 0 Å². The number of benzene rings is 1. The molecule has 0 aliphatic heterocycles. The number of carbonyl (C=O) groups excluding carboxylic acids is 1. The SMILES string of the molecule is CC(C)CN(C(=O)/C=C/c1cc2ccccc2o1)c1c(N)n(CC(C)C)c(=O)[nH]c1=O. The second-order valence-corrected chi connectivity index (χ2v) is 8.36. The number of furan rings is 1. The summed E-state index contributed by atoms with van der Waals surface area (Å²) in [5.74, 6) is 0.259. The zero-order valence-corrected chi connectivity index (χ0v) is 18.2. The van der Waals surface area contributed by atoms with Crippen LogP contribution >= 0.6 is 0 Å². The van der Waals surface area contributed by atoms with Crippen LogP contribution in [0.25, 0.3) is 17.0 Å². The second-order valence-electron chi connectivity index (χ2n) is 8.36. The maximum absolute atomic E-state index is 13.1. The van der Waals surface area contributed by atoms with E-state index in [-0.39, 0.29) is 29.9 Å². The summed E-state index contributed by atoms with van der Waals surface area (Å²) < 4.78 is 7.01. The lowest BCUT2D eigenvalue weighted by molar-refractivity contribution is -0.114. The molecule has 3 aromatic rings. The second kappa shape index (κ2) is 9.07. The Morgan fingerprint density at radius 3 is 2.55 bits per heavy atom. The normalized spacial score (nSPS) is 11.8. The number of fused-ring (bicyclic) bond motifs is 1. The van der Waals surface area contributed by atoms with Gasteiger partial charge in [0.05, 0.1) is 0 Å². The fourth-order valence-electron chi connectivity index (χ4n) is 3.37. The summed E-state index contributed by atoms with van der Waals surface area (Å²) in [6.07, 6.45) is 2.90. The van der Waals surface area contributed by atoms with Crippen molar-refractivity contribution in [2.45, 2.75) is 34.2 Å². The molecule has 2 heterocycles. The fraction of sp³-hybridized carbons (Fsp3) is 0.348. The third-order valence-corrected chi connectivity index (χ3v) is 4.68. The van der Waals surface area contributed by atoms with E-state index in [1.54, 1.807) is 6.08 Å². The van der Waals surface area contributed by atoms with Gasteiger partial charge in [-0.15, -0.1) is 0 Å². The highest BCUT2D eigenvalue weighted by molar-refractivity contribution is 6.05. The standard InChI is InChI=1S/C23H28N4O4/c1-14(2)12-26(20-21(24)27(13-15(3)4)23(30)25-22(20)29)19(28)10-9-17-11-16-7-5-6-8-18(16)31-17/h5-11,14-15H,12-13,24H2,1-4H3,(H,25,29,30)/b10-9+. The molecule has 164 valence electrons. The summed E-state index contributed by atoms with van der Waals surface area (Å²) in [5, 5.41) is 0.926. The number of aromatic amines is 1. The number of anilines is 2. The highest BCUT2D eigenvalue weighted by atomic mass is 16.3. The molecule has 0 aliphatic rings. The Morgan fingerprint density at radius 1 is 1.19 bits per heavy atom. The van der Waals surface area contributed by atoms with Crippen LogP contribution in [0.1, 0.15) is 33.5 Å². The van der Waals surface area contributed by atoms with Crippen molar-refractivity contribution in [3.8, 4) is 0 Å². The molecule has 1 amide bonds. The molecule has 0 radical (unpaired) electrons. The van der Waals surface area contributed by atoms with Gasteiger partial charge in [0.25, 0.3) is 11.5 Å². The van der Waals surface area contributed by atoms with E-state index in [1.165, 1.54) is 15.5 Å². The monoisotopic (exact) mass is 424 g/mol. The zero-order chi connectivity index (χ0) is 22.7. The minimum absolute atomic E-state index is 0.0198. The number of H-pyrrole nitrogens is 1. The lowest BCUT2D eigenvalue weighted by Gasteiger charge is -2.25. The molecule has 0 saturated carbocycles. The summed E-state index contributed by atoms with van der Waals surface area (Å²) in [5.41, 5.74) is 5.64. The van der Waals surface area contributed by atoms with E-state index in [1.807, 2.05) is 58.0 Å². The fourth-order valence-corrected chi connectivity index (χ4v) is 3.37. The van der Waals surface area contributed by atoms with E-state index in [2.05, 4.69) is 4.98 Å². The Labute approximate surface area is 180 Å². The van der Waals surface area contributed by atoms with Gasteiger partial charge in [-0.05, 0) is 30.0 Å². The van der Waals surface area contributed by atoms with Crippen LogP contribution < -0.4 is 21.9 Å². The van der Waals surface area contributed by atoms with Crippen molar-refractivity contribution in [2.75, 3.05) is 17.2 Å². The molecule has 8 heteroatoms. The molecule has 0 unspecified atom stereocenters. The van der Waals surface area contributed by atoms with Crippen LogP contribution in [0, 0.1) is 11.8 Å². The van der Waals surface area contributed by atoms with E-state index >= 15 is 0 Å². The minimum atomic E-state index is -0.686. The summed E-state index contributed by atoms with van der Waals surface area (Å²) in [4.78, 5) is 41.6. The topological polar surface area (TPSA) is 114 Å². The minimum Gasteiger partial charge on any atom is -0.457 e. The molecule has 3 N–H and O–H groups in total. The maximum atomic E-state index is 13.1. The highest BCUT2D eigenvalue weighted by Crippen LogP contribution is 2.22. The number of rotatable bonds is 7. The number of nitrogens with one attached hydrogen (secondary N) is 1. The first kappa shape index (κ1) is 22.1. The van der Waals surface area contributed by atoms with Crippen LogP contribution in [-0.2, 0) is 11.3 Å². The molecule has 31 heavy (non-hydrogen) atoms. The molecular weight excluding hydrogens is 396 g/mol. The number of nitrogen functional groups attached to an aromatic ring is 1. The number of amides is 1. The van der Waals surface area contributed by atoms with E-state index < -0.39 is 17.2 Å². The molecule has 0 bridgehead atoms. The van der Waals surface area contributed by atoms with Gasteiger partial charge in [-0.1, -0.05) is 45.9 Å². The van der Waals surface area contributed by atoms with Gasteiger partial charge in [0, 0.05) is 24.6 Å². The van der Waals surface area contributed by atoms with Crippen molar-refractivity contribution < 1.29 is 9.21 Å². The number of hydrogen-bond acceptors (Lipinski definition) is 5. The molecule has 0 aliphatic carbocycles. The predicted molar refractivity (Wildman–Crippen MR) is 123 cm³/mol. The molecule has 0 saturated heterocycles. The Hall–Kier alpha value is -3.55. The van der Waals surface area contributed by atoms with Gasteiger partial charge < -0.3 is 15.1 Å². The molecular formula is C23H28N4O4. The maximum Gasteiger partial charge on any atom is 0.330 e. The average Bonchev–Trinajstić information content (AvgIpc) is 3.11. The first-order valence-electron chi connectivity index (χ1n) is 10.3. The van der Waals surface area contributed by atoms with Gasteiger partial charge in [0.2, 0.25) is 0 Å². The third-order valence-electron chi connectivity index (χ3n) is 4.68. The van der Waals surface area contributed by atoms with Crippen molar-refractivity contribution >= 4 is 34.5 Å². The van der Waals surface area contributed by atoms with Crippen LogP contribution in [-0.4, -0.2) is 22.0 Å². The van der Waals surface area contributed by atoms with Crippen LogP contribution in [0.4, 0.5) is 11.5 Å². The van der Waals surface area contributed by atoms with Gasteiger partial charge in [-0.3, -0.25) is 19.1 Å². The van der Waals surface area contributed by atoms with Crippen LogP contribution in [0.5, 0.6) is 0 Å². The lowest BCUT2D eigenvalue weighted by Crippen LogP contribution is -2.42. The van der Waals surface area contributed by atoms with Gasteiger partial charge in [0.15, 0.2) is 5.69 Å². The van der Waals surface area contributed by atoms with Crippen molar-refractivity contribution in [1.82, 2.24) is 9.55 Å². The van der Waals surface area contributed by atoms with E-state index in [9.17, 15) is 14.4 Å². The molecule has 0 atom stereocenters. The number of carbonyl (C=O) groups is 1. The van der Waals surface area contributed by atoms with Crippen LogP contribution in [0.2, 0.25) is 0 Å². The molecule has 8 nitrogen and oxygen atoms in total. The van der Waals surface area contributed by atoms with Gasteiger partial charge in [-0.25, -0.2) is 4.79 Å². The summed E-state index contributed by atoms with van der Waals surface area (Å²) in [6.45, 7) is 8.31. The number of nitrogens with two attached hydrogens (primary N) is 1. The Bertz CT molecular complexity index is 1200. The predicted octanol–water partition coefficient (Wildman–Crippen LogP) is 3.22. The van der Waals surface area contributed by atoms with Crippen molar-refractivity contribution in [3.05, 3.63) is 63.0 Å². The number of para-hydroxylation sites is 1. The van der Waals surface area contributed by atoms with Crippen LogP contribution in [0.3, 0.4) is 0 Å². The van der Waals surface area contributed by atoms with Crippen molar-refractivity contribution in [2.24, 2.45) is 11.8 Å².